The Balaban J connectivity index is 2.44. The van der Waals surface area contributed by atoms with Crippen LogP contribution in [0.25, 0.3) is 0 Å². The summed E-state index contributed by atoms with van der Waals surface area (Å²) >= 11 is 3.37. The number of aliphatic hydroxyl groups excluding tert-OH is 1. The van der Waals surface area contributed by atoms with Gasteiger partial charge in [0.2, 0.25) is 0 Å². The van der Waals surface area contributed by atoms with Crippen LogP contribution in [-0.4, -0.2) is 23.8 Å². The summed E-state index contributed by atoms with van der Waals surface area (Å²) in [5.74, 6) is 0. The SMILES string of the molecule is CCCC(O)CNC(=O)Nc1ccc(Br)cc1C. The molecule has 18 heavy (non-hydrogen) atoms. The zero-order valence-electron chi connectivity index (χ0n) is 10.7. The zero-order chi connectivity index (χ0) is 13.5. The van der Waals surface area contributed by atoms with Gasteiger partial charge >= 0.3 is 6.03 Å². The third-order valence-corrected chi connectivity index (χ3v) is 3.05. The van der Waals surface area contributed by atoms with Crippen molar-refractivity contribution in [2.75, 3.05) is 11.9 Å². The van der Waals surface area contributed by atoms with E-state index in [4.69, 9.17) is 0 Å². The van der Waals surface area contributed by atoms with E-state index >= 15 is 0 Å². The summed E-state index contributed by atoms with van der Waals surface area (Å²) in [4.78, 5) is 11.6. The normalized spacial score (nSPS) is 12.0. The van der Waals surface area contributed by atoms with Crippen molar-refractivity contribution in [2.24, 2.45) is 0 Å². The van der Waals surface area contributed by atoms with E-state index in [0.717, 1.165) is 22.1 Å². The summed E-state index contributed by atoms with van der Waals surface area (Å²) in [6, 6.07) is 5.34. The lowest BCUT2D eigenvalue weighted by Gasteiger charge is -2.13. The summed E-state index contributed by atoms with van der Waals surface area (Å²) < 4.78 is 0.976. The fourth-order valence-electron chi connectivity index (χ4n) is 1.58. The monoisotopic (exact) mass is 314 g/mol. The van der Waals surface area contributed by atoms with Gasteiger partial charge in [0, 0.05) is 16.7 Å². The third-order valence-electron chi connectivity index (χ3n) is 2.56. The van der Waals surface area contributed by atoms with Crippen LogP contribution in [0.5, 0.6) is 0 Å². The van der Waals surface area contributed by atoms with Crippen LogP contribution >= 0.6 is 15.9 Å². The van der Waals surface area contributed by atoms with Crippen molar-refractivity contribution < 1.29 is 9.90 Å². The molecule has 1 aromatic rings. The van der Waals surface area contributed by atoms with Crippen molar-refractivity contribution in [1.29, 1.82) is 0 Å². The molecule has 0 aromatic heterocycles. The molecule has 0 aliphatic rings. The van der Waals surface area contributed by atoms with Crippen LogP contribution in [0.3, 0.4) is 0 Å². The van der Waals surface area contributed by atoms with E-state index < -0.39 is 6.10 Å². The molecule has 0 saturated heterocycles. The van der Waals surface area contributed by atoms with Crippen molar-refractivity contribution in [3.05, 3.63) is 28.2 Å². The molecule has 0 aliphatic carbocycles. The molecule has 5 heteroatoms. The molecule has 0 radical (unpaired) electrons. The Morgan fingerprint density at radius 1 is 1.50 bits per heavy atom. The van der Waals surface area contributed by atoms with E-state index in [1.54, 1.807) is 0 Å². The number of aryl methyl sites for hydroxylation is 1. The van der Waals surface area contributed by atoms with Crippen LogP contribution < -0.4 is 10.6 Å². The molecule has 0 spiro atoms. The van der Waals surface area contributed by atoms with Crippen LogP contribution in [0.4, 0.5) is 10.5 Å². The average Bonchev–Trinajstić information content (AvgIpc) is 2.31. The van der Waals surface area contributed by atoms with Crippen molar-refractivity contribution in [1.82, 2.24) is 5.32 Å². The van der Waals surface area contributed by atoms with Crippen molar-refractivity contribution in [3.8, 4) is 0 Å². The molecule has 1 aromatic carbocycles. The first-order valence-electron chi connectivity index (χ1n) is 6.02. The first-order valence-corrected chi connectivity index (χ1v) is 6.81. The second-order valence-electron chi connectivity index (χ2n) is 4.24. The molecule has 1 unspecified atom stereocenters. The molecular weight excluding hydrogens is 296 g/mol. The number of aliphatic hydroxyl groups is 1. The Labute approximate surface area is 116 Å². The van der Waals surface area contributed by atoms with Crippen molar-refractivity contribution in [2.45, 2.75) is 32.8 Å². The minimum absolute atomic E-state index is 0.273. The van der Waals surface area contributed by atoms with Gasteiger partial charge in [0.25, 0.3) is 0 Å². The van der Waals surface area contributed by atoms with Crippen molar-refractivity contribution in [3.63, 3.8) is 0 Å². The van der Waals surface area contributed by atoms with Gasteiger partial charge in [0.15, 0.2) is 0 Å². The molecule has 0 fully saturated rings. The maximum atomic E-state index is 11.6. The van der Waals surface area contributed by atoms with Gasteiger partial charge in [-0.3, -0.25) is 0 Å². The fraction of sp³-hybridized carbons (Fsp3) is 0.462. The predicted molar refractivity (Wildman–Crippen MR) is 76.8 cm³/mol. The second-order valence-corrected chi connectivity index (χ2v) is 5.15. The summed E-state index contributed by atoms with van der Waals surface area (Å²) in [7, 11) is 0. The lowest BCUT2D eigenvalue weighted by molar-refractivity contribution is 0.162. The maximum absolute atomic E-state index is 11.6. The molecule has 3 N–H and O–H groups in total. The van der Waals surface area contributed by atoms with E-state index in [-0.39, 0.29) is 12.6 Å². The lowest BCUT2D eigenvalue weighted by Crippen LogP contribution is -2.35. The lowest BCUT2D eigenvalue weighted by atomic mass is 10.2. The molecule has 100 valence electrons. The number of carbonyl (C=O) groups is 1. The predicted octanol–water partition coefficient (Wildman–Crippen LogP) is 3.04. The third kappa shape index (κ3) is 5.06. The van der Waals surface area contributed by atoms with E-state index in [9.17, 15) is 9.90 Å². The van der Waals surface area contributed by atoms with E-state index in [2.05, 4.69) is 26.6 Å². The molecule has 0 bridgehead atoms. The maximum Gasteiger partial charge on any atom is 0.319 e. The van der Waals surface area contributed by atoms with E-state index in [1.807, 2.05) is 32.0 Å². The summed E-state index contributed by atoms with van der Waals surface area (Å²) in [5.41, 5.74) is 1.74. The molecule has 0 saturated carbocycles. The highest BCUT2D eigenvalue weighted by atomic mass is 79.9. The van der Waals surface area contributed by atoms with E-state index in [0.29, 0.717) is 6.42 Å². The number of halogens is 1. The van der Waals surface area contributed by atoms with Gasteiger partial charge in [0.05, 0.1) is 6.10 Å². The van der Waals surface area contributed by atoms with Crippen LogP contribution in [0, 0.1) is 6.92 Å². The minimum atomic E-state index is -0.480. The molecule has 0 aliphatic heterocycles. The van der Waals surface area contributed by atoms with Crippen LogP contribution in [0.2, 0.25) is 0 Å². The Bertz CT molecular complexity index is 410. The minimum Gasteiger partial charge on any atom is -0.391 e. The van der Waals surface area contributed by atoms with Crippen LogP contribution in [0.15, 0.2) is 22.7 Å². The number of benzene rings is 1. The molecule has 2 amide bonds. The number of amides is 2. The molecule has 1 atom stereocenters. The molecular formula is C13H19BrN2O2. The smallest absolute Gasteiger partial charge is 0.319 e. The first-order chi connectivity index (χ1) is 8.52. The second kappa shape index (κ2) is 7.38. The van der Waals surface area contributed by atoms with Gasteiger partial charge in [-0.2, -0.15) is 0 Å². The number of hydrogen-bond acceptors (Lipinski definition) is 2. The quantitative estimate of drug-likeness (QED) is 0.782. The summed E-state index contributed by atoms with van der Waals surface area (Å²) in [5, 5.41) is 14.9. The Morgan fingerprint density at radius 3 is 2.83 bits per heavy atom. The van der Waals surface area contributed by atoms with Gasteiger partial charge in [-0.25, -0.2) is 4.79 Å². The average molecular weight is 315 g/mol. The molecule has 0 heterocycles. The van der Waals surface area contributed by atoms with Gasteiger partial charge in [-0.1, -0.05) is 29.3 Å². The van der Waals surface area contributed by atoms with Gasteiger partial charge in [-0.15, -0.1) is 0 Å². The highest BCUT2D eigenvalue weighted by Gasteiger charge is 2.07. The van der Waals surface area contributed by atoms with E-state index in [1.165, 1.54) is 0 Å². The highest BCUT2D eigenvalue weighted by Crippen LogP contribution is 2.19. The number of rotatable bonds is 5. The molecule has 1 rings (SSSR count). The number of carbonyl (C=O) groups excluding carboxylic acids is 1. The Morgan fingerprint density at radius 2 is 2.22 bits per heavy atom. The number of hydrogen-bond donors (Lipinski definition) is 3. The standard InChI is InChI=1S/C13H19BrN2O2/c1-3-4-11(17)8-15-13(18)16-12-6-5-10(14)7-9(12)2/h5-7,11,17H,3-4,8H2,1-2H3,(H2,15,16,18). The zero-order valence-corrected chi connectivity index (χ0v) is 12.3. The van der Waals surface area contributed by atoms with Crippen molar-refractivity contribution >= 4 is 27.6 Å². The first kappa shape index (κ1) is 15.0. The topological polar surface area (TPSA) is 61.4 Å². The summed E-state index contributed by atoms with van der Waals surface area (Å²) in [6.45, 7) is 4.19. The highest BCUT2D eigenvalue weighted by molar-refractivity contribution is 9.10. The number of anilines is 1. The van der Waals surface area contributed by atoms with Gasteiger partial charge in [0.1, 0.15) is 0 Å². The van der Waals surface area contributed by atoms with Gasteiger partial charge < -0.3 is 15.7 Å². The summed E-state index contributed by atoms with van der Waals surface area (Å²) in [6.07, 6.45) is 1.11. The Hall–Kier alpha value is -1.07. The van der Waals surface area contributed by atoms with Gasteiger partial charge in [-0.05, 0) is 37.1 Å². The number of nitrogens with one attached hydrogen (secondary N) is 2. The Kier molecular flexibility index (Phi) is 6.15. The molecule has 4 nitrogen and oxygen atoms in total. The fourth-order valence-corrected chi connectivity index (χ4v) is 2.06. The largest absolute Gasteiger partial charge is 0.391 e. The van der Waals surface area contributed by atoms with Crippen LogP contribution in [0.1, 0.15) is 25.3 Å². The van der Waals surface area contributed by atoms with Crippen LogP contribution in [-0.2, 0) is 0 Å². The number of urea groups is 1.